The lowest BCUT2D eigenvalue weighted by atomic mass is 9.95. The number of hydrogen-bond donors (Lipinski definition) is 3. The van der Waals surface area contributed by atoms with Crippen molar-refractivity contribution < 1.29 is 14.3 Å². The Labute approximate surface area is 222 Å². The second-order valence-electron chi connectivity index (χ2n) is 9.62. The Morgan fingerprint density at radius 3 is 2.43 bits per heavy atom. The van der Waals surface area contributed by atoms with Crippen LogP contribution in [0.15, 0.2) is 49.1 Å². The molecule has 2 heterocycles. The second kappa shape index (κ2) is 11.9. The molecule has 1 amide bonds. The molecule has 0 bridgehead atoms. The molecular formula is C27H34ClFN6O2. The van der Waals surface area contributed by atoms with Gasteiger partial charge in [0.15, 0.2) is 0 Å². The van der Waals surface area contributed by atoms with Crippen LogP contribution in [0.1, 0.15) is 42.4 Å². The summed E-state index contributed by atoms with van der Waals surface area (Å²) in [7, 11) is 0. The zero-order valence-electron chi connectivity index (χ0n) is 21.5. The summed E-state index contributed by atoms with van der Waals surface area (Å²) in [5.74, 6) is -1.21. The molecule has 198 valence electrons. The molecule has 1 fully saturated rings. The van der Waals surface area contributed by atoms with E-state index in [1.54, 1.807) is 30.9 Å². The summed E-state index contributed by atoms with van der Waals surface area (Å²) in [6.45, 7) is 11.5. The van der Waals surface area contributed by atoms with Gasteiger partial charge >= 0.3 is 0 Å². The van der Waals surface area contributed by atoms with Crippen molar-refractivity contribution >= 4 is 23.1 Å². The van der Waals surface area contributed by atoms with Crippen LogP contribution in [0.2, 0.25) is 5.02 Å². The van der Waals surface area contributed by atoms with Gasteiger partial charge in [0.25, 0.3) is 5.91 Å². The van der Waals surface area contributed by atoms with Crippen molar-refractivity contribution in [2.24, 2.45) is 11.5 Å². The number of carbonyl (C=O) groups excluding carboxylic acids is 1. The first-order chi connectivity index (χ1) is 17.4. The maximum atomic E-state index is 15.5. The first-order valence-electron chi connectivity index (χ1n) is 12.1. The molecule has 3 rings (SSSR count). The molecule has 2 aromatic rings. The Kier molecular flexibility index (Phi) is 9.07. The average molecular weight is 529 g/mol. The van der Waals surface area contributed by atoms with Gasteiger partial charge in [0.05, 0.1) is 27.6 Å². The zero-order valence-corrected chi connectivity index (χ0v) is 22.2. The van der Waals surface area contributed by atoms with E-state index in [2.05, 4.69) is 21.4 Å². The maximum Gasteiger partial charge on any atom is 0.258 e. The minimum Gasteiger partial charge on any atom is -0.404 e. The Morgan fingerprint density at radius 2 is 1.89 bits per heavy atom. The molecule has 0 unspecified atom stereocenters. The van der Waals surface area contributed by atoms with Crippen LogP contribution in [0, 0.1) is 5.82 Å². The third-order valence-corrected chi connectivity index (χ3v) is 6.30. The van der Waals surface area contributed by atoms with Crippen LogP contribution in [0.25, 0.3) is 16.8 Å². The molecule has 1 saturated heterocycles. The van der Waals surface area contributed by atoms with Crippen molar-refractivity contribution in [3.63, 3.8) is 0 Å². The normalized spacial score (nSPS) is 15.4. The van der Waals surface area contributed by atoms with E-state index in [0.717, 1.165) is 0 Å². The molecule has 1 aromatic heterocycles. The number of aromatic nitrogens is 2. The molecule has 5 N–H and O–H groups in total. The Morgan fingerprint density at radius 1 is 1.22 bits per heavy atom. The lowest BCUT2D eigenvalue weighted by Gasteiger charge is -2.37. The SMILES string of the molecule is C=C(N)/C=C\C(=C/N)c1c(CC)ncnc1-c1cc(F)c(C(=O)N2CCN(CC(C)(C)O)CC2)c(Cl)c1. The molecule has 0 saturated carbocycles. The minimum absolute atomic E-state index is 0.00862. The van der Waals surface area contributed by atoms with E-state index >= 15 is 4.39 Å². The zero-order chi connectivity index (χ0) is 27.3. The van der Waals surface area contributed by atoms with E-state index in [0.29, 0.717) is 72.9 Å². The van der Waals surface area contributed by atoms with Crippen molar-refractivity contribution in [3.8, 4) is 11.3 Å². The predicted octanol–water partition coefficient (Wildman–Crippen LogP) is 3.36. The number of β-amino-alcohol motifs (C(OH)–C–C–N with tert-alkyl or cyclic N) is 1. The number of piperazine rings is 1. The highest BCUT2D eigenvalue weighted by Crippen LogP contribution is 2.34. The first kappa shape index (κ1) is 28.3. The fraction of sp³-hybridized carbons (Fsp3) is 0.370. The van der Waals surface area contributed by atoms with Gasteiger partial charge in [-0.25, -0.2) is 14.4 Å². The topological polar surface area (TPSA) is 122 Å². The molecule has 8 nitrogen and oxygen atoms in total. The third kappa shape index (κ3) is 6.94. The molecule has 0 atom stereocenters. The molecule has 1 aliphatic rings. The lowest BCUT2D eigenvalue weighted by Crippen LogP contribution is -2.52. The van der Waals surface area contributed by atoms with Crippen molar-refractivity contribution in [1.82, 2.24) is 19.8 Å². The number of rotatable bonds is 8. The van der Waals surface area contributed by atoms with Gasteiger partial charge in [-0.3, -0.25) is 9.69 Å². The lowest BCUT2D eigenvalue weighted by molar-refractivity contribution is 0.0178. The predicted molar refractivity (Wildman–Crippen MR) is 145 cm³/mol. The van der Waals surface area contributed by atoms with Gasteiger partial charge < -0.3 is 21.5 Å². The van der Waals surface area contributed by atoms with Gasteiger partial charge in [-0.05, 0) is 38.5 Å². The Hall–Kier alpha value is -3.27. The molecular weight excluding hydrogens is 495 g/mol. The summed E-state index contributed by atoms with van der Waals surface area (Å²) in [6.07, 6.45) is 6.66. The van der Waals surface area contributed by atoms with Crippen molar-refractivity contribution in [3.05, 3.63) is 76.7 Å². The maximum absolute atomic E-state index is 15.5. The highest BCUT2D eigenvalue weighted by atomic mass is 35.5. The van der Waals surface area contributed by atoms with E-state index in [1.165, 1.54) is 24.7 Å². The fourth-order valence-corrected chi connectivity index (χ4v) is 4.65. The number of nitrogens with two attached hydrogens (primary N) is 2. The molecule has 1 aliphatic heterocycles. The summed E-state index contributed by atoms with van der Waals surface area (Å²) in [4.78, 5) is 25.6. The summed E-state index contributed by atoms with van der Waals surface area (Å²) in [6, 6.07) is 2.79. The number of benzene rings is 1. The number of allylic oxidation sites excluding steroid dienone is 3. The van der Waals surface area contributed by atoms with Crippen LogP contribution in [0.5, 0.6) is 0 Å². The summed E-state index contributed by atoms with van der Waals surface area (Å²) in [5, 5.41) is 10.0. The van der Waals surface area contributed by atoms with Gasteiger partial charge in [-0.2, -0.15) is 0 Å². The van der Waals surface area contributed by atoms with E-state index in [9.17, 15) is 9.90 Å². The monoisotopic (exact) mass is 528 g/mol. The van der Waals surface area contributed by atoms with Gasteiger partial charge in [0, 0.05) is 61.3 Å². The number of aryl methyl sites for hydroxylation is 1. The molecule has 0 spiro atoms. The summed E-state index contributed by atoms with van der Waals surface area (Å²) >= 11 is 6.50. The van der Waals surface area contributed by atoms with E-state index in [1.807, 2.05) is 6.92 Å². The number of aliphatic hydroxyl groups is 1. The van der Waals surface area contributed by atoms with Gasteiger partial charge in [-0.1, -0.05) is 31.2 Å². The number of hydrogen-bond acceptors (Lipinski definition) is 7. The van der Waals surface area contributed by atoms with Gasteiger partial charge in [0.2, 0.25) is 0 Å². The number of amides is 1. The van der Waals surface area contributed by atoms with Crippen LogP contribution in [-0.4, -0.2) is 69.1 Å². The largest absolute Gasteiger partial charge is 0.404 e. The van der Waals surface area contributed by atoms with Crippen molar-refractivity contribution in [1.29, 1.82) is 0 Å². The van der Waals surface area contributed by atoms with Crippen LogP contribution in [-0.2, 0) is 6.42 Å². The molecule has 10 heteroatoms. The highest BCUT2D eigenvalue weighted by Gasteiger charge is 2.29. The Balaban J connectivity index is 1.94. The van der Waals surface area contributed by atoms with E-state index < -0.39 is 17.3 Å². The third-order valence-electron chi connectivity index (χ3n) is 6.01. The minimum atomic E-state index is -0.831. The van der Waals surface area contributed by atoms with Crippen LogP contribution in [0.3, 0.4) is 0 Å². The molecule has 1 aromatic carbocycles. The standard InChI is InChI=1S/C27H34ClFN6O2/c1-5-22-23(18(14-30)7-6-17(2)31)25(33-16-32-22)19-12-20(28)24(21(29)13-19)26(36)35-10-8-34(9-11-35)15-27(3,4)37/h6-7,12-14,16,37H,2,5,8-11,15,30-31H2,1,3-4H3/b7-6-,18-14+. The van der Waals surface area contributed by atoms with Gasteiger partial charge in [-0.15, -0.1) is 0 Å². The number of nitrogens with zero attached hydrogens (tertiary/aromatic N) is 4. The quantitative estimate of drug-likeness (QED) is 0.449. The van der Waals surface area contributed by atoms with Crippen molar-refractivity contribution in [2.75, 3.05) is 32.7 Å². The van der Waals surface area contributed by atoms with E-state index in [4.69, 9.17) is 23.1 Å². The van der Waals surface area contributed by atoms with Crippen LogP contribution in [0.4, 0.5) is 4.39 Å². The molecule has 0 radical (unpaired) electrons. The molecule has 37 heavy (non-hydrogen) atoms. The second-order valence-corrected chi connectivity index (χ2v) is 10.0. The van der Waals surface area contributed by atoms with Gasteiger partial charge in [0.1, 0.15) is 12.1 Å². The van der Waals surface area contributed by atoms with Crippen molar-refractivity contribution in [2.45, 2.75) is 32.8 Å². The molecule has 0 aliphatic carbocycles. The number of carbonyl (C=O) groups is 1. The summed E-state index contributed by atoms with van der Waals surface area (Å²) in [5.41, 5.74) is 13.6. The fourth-order valence-electron chi connectivity index (χ4n) is 4.36. The average Bonchev–Trinajstić information content (AvgIpc) is 2.83. The summed E-state index contributed by atoms with van der Waals surface area (Å²) < 4.78 is 15.5. The van der Waals surface area contributed by atoms with Crippen LogP contribution < -0.4 is 11.5 Å². The van der Waals surface area contributed by atoms with Crippen LogP contribution >= 0.6 is 11.6 Å². The number of halogens is 2. The smallest absolute Gasteiger partial charge is 0.258 e. The first-order valence-corrected chi connectivity index (χ1v) is 12.4. The van der Waals surface area contributed by atoms with E-state index in [-0.39, 0.29) is 10.6 Å². The highest BCUT2D eigenvalue weighted by molar-refractivity contribution is 6.34. The Bertz CT molecular complexity index is 1210.